The molecule has 5 rings (SSSR count). The van der Waals surface area contributed by atoms with Gasteiger partial charge in [0.25, 0.3) is 0 Å². The van der Waals surface area contributed by atoms with Crippen LogP contribution in [0.15, 0.2) is 18.2 Å². The molecule has 1 saturated carbocycles. The van der Waals surface area contributed by atoms with Crippen LogP contribution in [0.2, 0.25) is 5.02 Å². The predicted octanol–water partition coefficient (Wildman–Crippen LogP) is 4.74. The van der Waals surface area contributed by atoms with Crippen molar-refractivity contribution >= 4 is 40.0 Å². The van der Waals surface area contributed by atoms with Crippen LogP contribution < -0.4 is 11.1 Å². The number of fused-ring (bicyclic) bond motifs is 1. The third kappa shape index (κ3) is 3.57. The molecule has 3 heterocycles. The number of anilines is 1. The number of rotatable bonds is 5. The number of benzene rings is 1. The van der Waals surface area contributed by atoms with Gasteiger partial charge in [-0.05, 0) is 43.9 Å². The van der Waals surface area contributed by atoms with Crippen LogP contribution in [0.3, 0.4) is 0 Å². The second kappa shape index (κ2) is 7.97. The van der Waals surface area contributed by atoms with E-state index in [0.29, 0.717) is 12.1 Å². The highest BCUT2D eigenvalue weighted by molar-refractivity contribution is 8.00. The Morgan fingerprint density at radius 2 is 2.07 bits per heavy atom. The van der Waals surface area contributed by atoms with Gasteiger partial charge in [0.15, 0.2) is 0 Å². The summed E-state index contributed by atoms with van der Waals surface area (Å²) in [5.41, 5.74) is 9.86. The minimum absolute atomic E-state index is 0.0554. The third-order valence-electron chi connectivity index (χ3n) is 6.91. The number of thioether (sulfide) groups is 1. The van der Waals surface area contributed by atoms with Gasteiger partial charge in [-0.2, -0.15) is 0 Å². The maximum atomic E-state index is 6.50. The van der Waals surface area contributed by atoms with Crippen molar-refractivity contribution in [2.24, 2.45) is 5.73 Å². The molecule has 2 aliphatic heterocycles. The fraction of sp³-hybridized carbons (Fsp3) is 0.636. The Morgan fingerprint density at radius 1 is 1.24 bits per heavy atom. The molecule has 0 bridgehead atoms. The van der Waals surface area contributed by atoms with Gasteiger partial charge in [-0.1, -0.05) is 31.4 Å². The van der Waals surface area contributed by atoms with Crippen molar-refractivity contribution in [3.8, 4) is 0 Å². The van der Waals surface area contributed by atoms with Crippen molar-refractivity contribution < 1.29 is 0 Å². The molecule has 3 fully saturated rings. The first-order chi connectivity index (χ1) is 14.1. The molecule has 4 N–H and O–H groups in total. The number of aromatic nitrogens is 1. The summed E-state index contributed by atoms with van der Waals surface area (Å²) in [7, 11) is 0. The molecule has 1 aromatic heterocycles. The second-order valence-corrected chi connectivity index (χ2v) is 10.6. The Morgan fingerprint density at radius 3 is 2.79 bits per heavy atom. The summed E-state index contributed by atoms with van der Waals surface area (Å²) < 4.78 is 0. The average molecular weight is 434 g/mol. The van der Waals surface area contributed by atoms with E-state index in [0.717, 1.165) is 48.9 Å². The fourth-order valence-corrected chi connectivity index (χ4v) is 7.08. The lowest BCUT2D eigenvalue weighted by atomic mass is 10.1. The molecule has 2 aromatic rings. The van der Waals surface area contributed by atoms with E-state index < -0.39 is 0 Å². The van der Waals surface area contributed by atoms with Crippen LogP contribution in [0.25, 0.3) is 10.9 Å². The standard InChI is InChI=1S/C22H32ClN5S/c1-2-22(28(9-10-29-22)27-8-7-17(24)14-27)20-12-15-11-16(23)13-19(21(15)26-20)25-18-5-3-4-6-18/h11-13,17-18,25-26H,2-10,14,24H2,1H3/t17-,22-/m0/s1. The normalized spacial score (nSPS) is 29.4. The van der Waals surface area contributed by atoms with Gasteiger partial charge in [0.05, 0.1) is 11.2 Å². The van der Waals surface area contributed by atoms with E-state index in [-0.39, 0.29) is 4.87 Å². The summed E-state index contributed by atoms with van der Waals surface area (Å²) in [6.07, 6.45) is 7.27. The Hall–Kier alpha value is -0.920. The summed E-state index contributed by atoms with van der Waals surface area (Å²) >= 11 is 8.56. The van der Waals surface area contributed by atoms with Crippen molar-refractivity contribution in [2.45, 2.75) is 62.4 Å². The summed E-state index contributed by atoms with van der Waals surface area (Å²) in [5, 5.41) is 10.8. The molecule has 1 aliphatic carbocycles. The number of hydrogen-bond donors (Lipinski definition) is 3. The van der Waals surface area contributed by atoms with Crippen LogP contribution in [0.4, 0.5) is 5.69 Å². The van der Waals surface area contributed by atoms with Crippen molar-refractivity contribution in [1.82, 2.24) is 15.0 Å². The highest BCUT2D eigenvalue weighted by Gasteiger charge is 2.47. The number of hydrogen-bond acceptors (Lipinski definition) is 5. The lowest BCUT2D eigenvalue weighted by molar-refractivity contribution is -0.0502. The zero-order valence-corrected chi connectivity index (χ0v) is 18.8. The number of nitrogens with one attached hydrogen (secondary N) is 2. The minimum Gasteiger partial charge on any atom is -0.381 e. The summed E-state index contributed by atoms with van der Waals surface area (Å²) in [5.74, 6) is 1.14. The molecule has 158 valence electrons. The van der Waals surface area contributed by atoms with Gasteiger partial charge in [0, 0.05) is 53.6 Å². The first-order valence-corrected chi connectivity index (χ1v) is 12.5. The Kier molecular flexibility index (Phi) is 5.50. The van der Waals surface area contributed by atoms with Crippen molar-refractivity contribution in [2.75, 3.05) is 30.7 Å². The molecule has 3 aliphatic rings. The molecular weight excluding hydrogens is 402 g/mol. The molecule has 0 spiro atoms. The number of halogens is 1. The van der Waals surface area contributed by atoms with Gasteiger partial charge in [0.1, 0.15) is 4.87 Å². The van der Waals surface area contributed by atoms with E-state index in [4.69, 9.17) is 17.3 Å². The van der Waals surface area contributed by atoms with Gasteiger partial charge in [0.2, 0.25) is 0 Å². The Labute approximate surface area is 182 Å². The quantitative estimate of drug-likeness (QED) is 0.636. The van der Waals surface area contributed by atoms with Gasteiger partial charge < -0.3 is 16.0 Å². The SMILES string of the molecule is CC[C@@]1(c2cc3cc(Cl)cc(NC4CCCC4)c3[nH]2)SCCN1N1CC[C@H](N)C1. The van der Waals surface area contributed by atoms with E-state index >= 15 is 0 Å². The van der Waals surface area contributed by atoms with Crippen LogP contribution in [0.5, 0.6) is 0 Å². The van der Waals surface area contributed by atoms with E-state index in [1.54, 1.807) is 0 Å². The minimum atomic E-state index is -0.0554. The largest absolute Gasteiger partial charge is 0.381 e. The molecule has 0 radical (unpaired) electrons. The van der Waals surface area contributed by atoms with Crippen molar-refractivity contribution in [3.05, 3.63) is 28.9 Å². The molecule has 7 heteroatoms. The zero-order valence-electron chi connectivity index (χ0n) is 17.2. The third-order valence-corrected chi connectivity index (χ3v) is 8.72. The molecule has 2 atom stereocenters. The second-order valence-electron chi connectivity index (χ2n) is 8.80. The molecule has 2 saturated heterocycles. The van der Waals surface area contributed by atoms with Crippen LogP contribution in [-0.2, 0) is 4.87 Å². The molecule has 1 aromatic carbocycles. The number of nitrogens with zero attached hydrogens (tertiary/aromatic N) is 2. The Bertz CT molecular complexity index is 879. The van der Waals surface area contributed by atoms with E-state index in [1.807, 2.05) is 0 Å². The van der Waals surface area contributed by atoms with Crippen molar-refractivity contribution in [1.29, 1.82) is 0 Å². The first kappa shape index (κ1) is 20.0. The molecule has 5 nitrogen and oxygen atoms in total. The highest BCUT2D eigenvalue weighted by Crippen LogP contribution is 2.49. The smallest absolute Gasteiger partial charge is 0.120 e. The van der Waals surface area contributed by atoms with Gasteiger partial charge in [-0.15, -0.1) is 11.8 Å². The Balaban J connectivity index is 1.53. The van der Waals surface area contributed by atoms with E-state index in [9.17, 15) is 0 Å². The average Bonchev–Trinajstić information content (AvgIpc) is 3.47. The molecule has 0 amide bonds. The lowest BCUT2D eigenvalue weighted by Gasteiger charge is -2.41. The maximum Gasteiger partial charge on any atom is 0.120 e. The topological polar surface area (TPSA) is 60.3 Å². The number of H-pyrrole nitrogens is 1. The number of hydrazine groups is 1. The molecule has 29 heavy (non-hydrogen) atoms. The molecule has 0 unspecified atom stereocenters. The van der Waals surface area contributed by atoms with Gasteiger partial charge in [-0.3, -0.25) is 0 Å². The van der Waals surface area contributed by atoms with Crippen molar-refractivity contribution in [3.63, 3.8) is 0 Å². The van der Waals surface area contributed by atoms with E-state index in [2.05, 4.69) is 57.2 Å². The van der Waals surface area contributed by atoms with Gasteiger partial charge >= 0.3 is 0 Å². The number of nitrogens with two attached hydrogens (primary N) is 1. The monoisotopic (exact) mass is 433 g/mol. The highest BCUT2D eigenvalue weighted by atomic mass is 35.5. The summed E-state index contributed by atoms with van der Waals surface area (Å²) in [6.45, 7) is 5.40. The zero-order chi connectivity index (χ0) is 20.0. The summed E-state index contributed by atoms with van der Waals surface area (Å²) in [4.78, 5) is 3.77. The fourth-order valence-electron chi connectivity index (χ4n) is 5.43. The first-order valence-electron chi connectivity index (χ1n) is 11.1. The van der Waals surface area contributed by atoms with Crippen LogP contribution >= 0.6 is 23.4 Å². The maximum absolute atomic E-state index is 6.50. The predicted molar refractivity (Wildman–Crippen MR) is 124 cm³/mol. The van der Waals surface area contributed by atoms with Crippen LogP contribution in [-0.4, -0.2) is 52.5 Å². The van der Waals surface area contributed by atoms with E-state index in [1.165, 1.54) is 42.3 Å². The van der Waals surface area contributed by atoms with Crippen LogP contribution in [0.1, 0.15) is 51.1 Å². The van der Waals surface area contributed by atoms with Gasteiger partial charge in [-0.25, -0.2) is 10.0 Å². The summed E-state index contributed by atoms with van der Waals surface area (Å²) in [6, 6.07) is 7.35. The molecular formula is C22H32ClN5S. The number of aromatic amines is 1. The lowest BCUT2D eigenvalue weighted by Crippen LogP contribution is -2.50. The van der Waals surface area contributed by atoms with Crippen LogP contribution in [0, 0.1) is 0 Å².